The molecule has 0 heterocycles. The number of thiocarbonyl (C=S) groups is 1. The Hall–Kier alpha value is -1.05. The molecule has 1 aliphatic rings. The molecule has 3 N–H and O–H groups in total. The molecule has 20 heavy (non-hydrogen) atoms. The highest BCUT2D eigenvalue weighted by molar-refractivity contribution is 7.89. The van der Waals surface area contributed by atoms with Gasteiger partial charge in [0, 0.05) is 6.04 Å². The predicted molar refractivity (Wildman–Crippen MR) is 79.4 cm³/mol. The van der Waals surface area contributed by atoms with Crippen LogP contribution < -0.4 is 10.5 Å². The van der Waals surface area contributed by atoms with Crippen molar-refractivity contribution in [2.45, 2.75) is 37.1 Å². The lowest BCUT2D eigenvalue weighted by Gasteiger charge is -2.18. The number of nitrogens with two attached hydrogens (primary N) is 1. The molecule has 0 saturated heterocycles. The minimum absolute atomic E-state index is 0.123. The second-order valence-corrected chi connectivity index (χ2v) is 7.24. The highest BCUT2D eigenvalue weighted by atomic mass is 32.2. The number of benzene rings is 1. The van der Waals surface area contributed by atoms with Crippen molar-refractivity contribution < 1.29 is 12.8 Å². The number of hydrogen-bond acceptors (Lipinski definition) is 3. The molecular weight excluding hydrogens is 299 g/mol. The molecule has 1 fully saturated rings. The maximum Gasteiger partial charge on any atom is 0.241 e. The van der Waals surface area contributed by atoms with E-state index in [9.17, 15) is 12.8 Å². The highest BCUT2D eigenvalue weighted by Crippen LogP contribution is 2.27. The van der Waals surface area contributed by atoms with E-state index in [0.29, 0.717) is 0 Å². The van der Waals surface area contributed by atoms with Crippen LogP contribution in [0.15, 0.2) is 23.1 Å². The van der Waals surface area contributed by atoms with E-state index < -0.39 is 15.8 Å². The fourth-order valence-corrected chi connectivity index (χ4v) is 4.43. The van der Waals surface area contributed by atoms with E-state index in [1.165, 1.54) is 12.1 Å². The van der Waals surface area contributed by atoms with Crippen molar-refractivity contribution in [3.8, 4) is 0 Å². The van der Waals surface area contributed by atoms with Gasteiger partial charge in [-0.1, -0.05) is 31.6 Å². The fraction of sp³-hybridized carbons (Fsp3) is 0.462. The summed E-state index contributed by atoms with van der Waals surface area (Å²) in [6.45, 7) is 2.00. The molecule has 2 unspecified atom stereocenters. The average Bonchev–Trinajstić information content (AvgIpc) is 2.73. The zero-order valence-electron chi connectivity index (χ0n) is 11.1. The first kappa shape index (κ1) is 15.3. The van der Waals surface area contributed by atoms with E-state index in [0.717, 1.165) is 25.3 Å². The summed E-state index contributed by atoms with van der Waals surface area (Å²) in [5, 5.41) is 0. The summed E-state index contributed by atoms with van der Waals surface area (Å²) >= 11 is 4.76. The molecule has 0 aromatic heterocycles. The number of halogens is 1. The molecule has 0 spiro atoms. The lowest BCUT2D eigenvalue weighted by molar-refractivity contribution is 0.476. The van der Waals surface area contributed by atoms with Crippen LogP contribution in [-0.4, -0.2) is 19.4 Å². The smallest absolute Gasteiger partial charge is 0.241 e. The number of hydrogen-bond donors (Lipinski definition) is 2. The molecular formula is C13H17FN2O2S2. The van der Waals surface area contributed by atoms with E-state index in [-0.39, 0.29) is 27.4 Å². The number of nitrogens with one attached hydrogen (secondary N) is 1. The topological polar surface area (TPSA) is 72.2 Å². The van der Waals surface area contributed by atoms with Crippen LogP contribution in [0.3, 0.4) is 0 Å². The van der Waals surface area contributed by atoms with Crippen LogP contribution in [-0.2, 0) is 10.0 Å². The van der Waals surface area contributed by atoms with Crippen LogP contribution in [0.25, 0.3) is 0 Å². The van der Waals surface area contributed by atoms with Crippen molar-refractivity contribution >= 4 is 27.2 Å². The van der Waals surface area contributed by atoms with Crippen LogP contribution in [0.4, 0.5) is 4.39 Å². The Kier molecular flexibility index (Phi) is 4.41. The van der Waals surface area contributed by atoms with Crippen LogP contribution in [0.5, 0.6) is 0 Å². The minimum Gasteiger partial charge on any atom is -0.389 e. The summed E-state index contributed by atoms with van der Waals surface area (Å²) in [6, 6.07) is 3.68. The summed E-state index contributed by atoms with van der Waals surface area (Å²) in [7, 11) is -3.83. The summed E-state index contributed by atoms with van der Waals surface area (Å²) in [5.74, 6) is -0.452. The molecule has 1 aromatic rings. The fourth-order valence-electron chi connectivity index (χ4n) is 2.55. The third-order valence-electron chi connectivity index (χ3n) is 3.68. The van der Waals surface area contributed by atoms with Gasteiger partial charge in [0.25, 0.3) is 0 Å². The predicted octanol–water partition coefficient (Wildman–Crippen LogP) is 1.93. The molecule has 0 bridgehead atoms. The van der Waals surface area contributed by atoms with Gasteiger partial charge >= 0.3 is 0 Å². The quantitative estimate of drug-likeness (QED) is 0.833. The summed E-state index contributed by atoms with van der Waals surface area (Å²) in [5.41, 5.74) is 5.23. The van der Waals surface area contributed by atoms with Crippen molar-refractivity contribution in [1.29, 1.82) is 0 Å². The summed E-state index contributed by atoms with van der Waals surface area (Å²) < 4.78 is 41.2. The van der Waals surface area contributed by atoms with Crippen LogP contribution in [0.1, 0.15) is 31.7 Å². The van der Waals surface area contributed by atoms with E-state index in [1.54, 1.807) is 0 Å². The zero-order valence-corrected chi connectivity index (χ0v) is 12.7. The Balaban J connectivity index is 2.39. The molecule has 0 aliphatic heterocycles. The molecule has 0 amide bonds. The van der Waals surface area contributed by atoms with Gasteiger partial charge in [-0.25, -0.2) is 17.5 Å². The monoisotopic (exact) mass is 316 g/mol. The average molecular weight is 316 g/mol. The first-order chi connectivity index (χ1) is 9.33. The van der Waals surface area contributed by atoms with Crippen LogP contribution in [0.2, 0.25) is 0 Å². The van der Waals surface area contributed by atoms with Gasteiger partial charge in [-0.3, -0.25) is 0 Å². The van der Waals surface area contributed by atoms with Crippen molar-refractivity contribution in [3.05, 3.63) is 29.6 Å². The largest absolute Gasteiger partial charge is 0.389 e. The van der Waals surface area contributed by atoms with Crippen molar-refractivity contribution in [3.63, 3.8) is 0 Å². The maximum absolute atomic E-state index is 13.8. The molecule has 1 saturated carbocycles. The van der Waals surface area contributed by atoms with Gasteiger partial charge in [-0.2, -0.15) is 0 Å². The minimum atomic E-state index is -3.83. The van der Waals surface area contributed by atoms with Gasteiger partial charge < -0.3 is 5.73 Å². The van der Waals surface area contributed by atoms with Gasteiger partial charge in [0.05, 0.1) is 10.5 Å². The molecule has 7 heteroatoms. The highest BCUT2D eigenvalue weighted by Gasteiger charge is 2.30. The molecule has 2 atom stereocenters. The van der Waals surface area contributed by atoms with Gasteiger partial charge in [-0.15, -0.1) is 0 Å². The molecule has 4 nitrogen and oxygen atoms in total. The Morgan fingerprint density at radius 2 is 2.15 bits per heavy atom. The van der Waals surface area contributed by atoms with Crippen molar-refractivity contribution in [2.24, 2.45) is 11.7 Å². The SMILES string of the molecule is CC1CCCC1NS(=O)(=O)c1cccc(F)c1C(N)=S. The normalized spacial score (nSPS) is 22.9. The lowest BCUT2D eigenvalue weighted by atomic mass is 10.1. The number of sulfonamides is 1. The molecule has 0 radical (unpaired) electrons. The number of rotatable bonds is 4. The third-order valence-corrected chi connectivity index (χ3v) is 5.42. The van der Waals surface area contributed by atoms with Gasteiger partial charge in [-0.05, 0) is 30.9 Å². The molecule has 110 valence electrons. The van der Waals surface area contributed by atoms with Crippen LogP contribution in [0, 0.1) is 11.7 Å². The molecule has 2 rings (SSSR count). The van der Waals surface area contributed by atoms with Gasteiger partial charge in [0.15, 0.2) is 0 Å². The van der Waals surface area contributed by atoms with Crippen molar-refractivity contribution in [2.75, 3.05) is 0 Å². The molecule has 1 aromatic carbocycles. The Morgan fingerprint density at radius 3 is 2.70 bits per heavy atom. The Morgan fingerprint density at radius 1 is 1.45 bits per heavy atom. The van der Waals surface area contributed by atoms with Crippen molar-refractivity contribution in [1.82, 2.24) is 4.72 Å². The standard InChI is InChI=1S/C13H17FN2O2S2/c1-8-4-2-6-10(8)16-20(17,18)11-7-3-5-9(14)12(11)13(15)19/h3,5,7-8,10,16H,2,4,6H2,1H3,(H2,15,19). The zero-order chi connectivity index (χ0) is 14.9. The first-order valence-electron chi connectivity index (χ1n) is 6.43. The Bertz CT molecular complexity index is 631. The lowest BCUT2D eigenvalue weighted by Crippen LogP contribution is -2.37. The Labute approximate surface area is 123 Å². The van der Waals surface area contributed by atoms with E-state index in [2.05, 4.69) is 4.72 Å². The van der Waals surface area contributed by atoms with Gasteiger partial charge in [0.2, 0.25) is 10.0 Å². The second-order valence-electron chi connectivity index (χ2n) is 5.11. The third kappa shape index (κ3) is 2.99. The second kappa shape index (κ2) is 5.75. The van der Waals surface area contributed by atoms with E-state index in [4.69, 9.17) is 18.0 Å². The van der Waals surface area contributed by atoms with Crippen LogP contribution >= 0.6 is 12.2 Å². The molecule has 1 aliphatic carbocycles. The van der Waals surface area contributed by atoms with E-state index in [1.807, 2.05) is 6.92 Å². The summed E-state index contributed by atoms with van der Waals surface area (Å²) in [4.78, 5) is -0.452. The van der Waals surface area contributed by atoms with Gasteiger partial charge in [0.1, 0.15) is 10.8 Å². The van der Waals surface area contributed by atoms with E-state index >= 15 is 0 Å². The maximum atomic E-state index is 13.8. The first-order valence-corrected chi connectivity index (χ1v) is 8.32. The summed E-state index contributed by atoms with van der Waals surface area (Å²) in [6.07, 6.45) is 2.76.